The minimum atomic E-state index is -4.20. The second-order valence-corrected chi connectivity index (χ2v) is 10.3. The smallest absolute Gasteiger partial charge is 0.266 e. The SMILES string of the molecule is CNC1CCN(c2cc(Cl)cnc2Nc2cc(F)c(S(=O)(=O)Nc3cscn3)cc2Cl)C1. The van der Waals surface area contributed by atoms with Crippen LogP contribution in [0, 0.1) is 5.82 Å². The third kappa shape index (κ3) is 4.91. The highest BCUT2D eigenvalue weighted by molar-refractivity contribution is 7.92. The van der Waals surface area contributed by atoms with E-state index in [-0.39, 0.29) is 16.5 Å². The van der Waals surface area contributed by atoms with Gasteiger partial charge in [0.05, 0.1) is 26.9 Å². The summed E-state index contributed by atoms with van der Waals surface area (Å²) in [7, 11) is -2.30. The van der Waals surface area contributed by atoms with Gasteiger partial charge >= 0.3 is 0 Å². The Balaban J connectivity index is 1.63. The molecule has 3 heterocycles. The van der Waals surface area contributed by atoms with Crippen LogP contribution < -0.4 is 20.3 Å². The summed E-state index contributed by atoms with van der Waals surface area (Å²) in [5.74, 6) is -0.427. The summed E-state index contributed by atoms with van der Waals surface area (Å²) >= 11 is 13.7. The Labute approximate surface area is 198 Å². The molecule has 4 rings (SSSR count). The van der Waals surface area contributed by atoms with Crippen molar-refractivity contribution in [3.63, 3.8) is 0 Å². The highest BCUT2D eigenvalue weighted by Crippen LogP contribution is 2.35. The van der Waals surface area contributed by atoms with Crippen LogP contribution in [-0.2, 0) is 10.0 Å². The third-order valence-electron chi connectivity index (χ3n) is 5.01. The first-order valence-electron chi connectivity index (χ1n) is 9.51. The Morgan fingerprint density at radius 2 is 2.06 bits per heavy atom. The van der Waals surface area contributed by atoms with Crippen LogP contribution in [0.25, 0.3) is 0 Å². The summed E-state index contributed by atoms with van der Waals surface area (Å²) in [6.07, 6.45) is 2.43. The number of nitrogens with zero attached hydrogens (tertiary/aromatic N) is 3. The number of benzene rings is 1. The molecule has 1 saturated heterocycles. The fraction of sp³-hybridized carbons (Fsp3) is 0.263. The molecule has 0 spiro atoms. The first-order chi connectivity index (χ1) is 15.3. The van der Waals surface area contributed by atoms with Crippen LogP contribution >= 0.6 is 34.5 Å². The molecule has 1 aliphatic rings. The molecule has 8 nitrogen and oxygen atoms in total. The number of halogens is 3. The van der Waals surface area contributed by atoms with E-state index in [0.29, 0.717) is 16.9 Å². The fourth-order valence-electron chi connectivity index (χ4n) is 3.39. The van der Waals surface area contributed by atoms with E-state index in [4.69, 9.17) is 23.2 Å². The predicted octanol–water partition coefficient (Wildman–Crippen LogP) is 4.33. The zero-order valence-corrected chi connectivity index (χ0v) is 19.9. The molecule has 1 aliphatic heterocycles. The first-order valence-corrected chi connectivity index (χ1v) is 12.7. The van der Waals surface area contributed by atoms with Crippen molar-refractivity contribution in [3.8, 4) is 0 Å². The first kappa shape index (κ1) is 23.0. The van der Waals surface area contributed by atoms with Crippen molar-refractivity contribution in [1.82, 2.24) is 15.3 Å². The van der Waals surface area contributed by atoms with Crippen molar-refractivity contribution in [2.24, 2.45) is 0 Å². The van der Waals surface area contributed by atoms with E-state index in [1.807, 2.05) is 7.05 Å². The van der Waals surface area contributed by atoms with Gasteiger partial charge < -0.3 is 15.5 Å². The van der Waals surface area contributed by atoms with Crippen LogP contribution in [0.5, 0.6) is 0 Å². The summed E-state index contributed by atoms with van der Waals surface area (Å²) in [4.78, 5) is 9.72. The van der Waals surface area contributed by atoms with Crippen LogP contribution in [0.2, 0.25) is 10.0 Å². The van der Waals surface area contributed by atoms with E-state index in [1.165, 1.54) is 28.4 Å². The third-order valence-corrected chi connectivity index (χ3v) is 7.48. The highest BCUT2D eigenvalue weighted by Gasteiger charge is 2.26. The lowest BCUT2D eigenvalue weighted by molar-refractivity contribution is 0.570. The van der Waals surface area contributed by atoms with E-state index in [2.05, 4.69) is 30.2 Å². The van der Waals surface area contributed by atoms with Gasteiger partial charge in [-0.25, -0.2) is 22.8 Å². The van der Waals surface area contributed by atoms with E-state index < -0.39 is 20.7 Å². The minimum Gasteiger partial charge on any atom is -0.367 e. The molecule has 3 N–H and O–H groups in total. The molecule has 32 heavy (non-hydrogen) atoms. The van der Waals surface area contributed by atoms with Gasteiger partial charge in [-0.2, -0.15) is 0 Å². The monoisotopic (exact) mass is 516 g/mol. The molecule has 13 heteroatoms. The zero-order chi connectivity index (χ0) is 22.9. The second kappa shape index (κ2) is 9.36. The van der Waals surface area contributed by atoms with Crippen molar-refractivity contribution < 1.29 is 12.8 Å². The summed E-state index contributed by atoms with van der Waals surface area (Å²) in [6, 6.07) is 4.18. The minimum absolute atomic E-state index is 0.0160. The summed E-state index contributed by atoms with van der Waals surface area (Å²) in [5, 5.41) is 8.24. The van der Waals surface area contributed by atoms with Crippen molar-refractivity contribution in [2.75, 3.05) is 35.1 Å². The Morgan fingerprint density at radius 1 is 1.25 bits per heavy atom. The van der Waals surface area contributed by atoms with E-state index in [0.717, 1.165) is 37.3 Å². The zero-order valence-electron chi connectivity index (χ0n) is 16.8. The van der Waals surface area contributed by atoms with E-state index in [9.17, 15) is 12.8 Å². The molecule has 2 aromatic heterocycles. The second-order valence-electron chi connectivity index (χ2n) is 7.11. The van der Waals surface area contributed by atoms with E-state index in [1.54, 1.807) is 6.07 Å². The molecule has 1 fully saturated rings. The Kier molecular flexibility index (Phi) is 6.72. The maximum Gasteiger partial charge on any atom is 0.266 e. The average Bonchev–Trinajstić information content (AvgIpc) is 3.43. The lowest BCUT2D eigenvalue weighted by Crippen LogP contribution is -2.29. The quantitative estimate of drug-likeness (QED) is 0.429. The Bertz CT molecular complexity index is 1230. The molecule has 0 radical (unpaired) electrons. The van der Waals surface area contributed by atoms with Gasteiger partial charge in [-0.05, 0) is 25.6 Å². The number of hydrogen-bond acceptors (Lipinski definition) is 8. The van der Waals surface area contributed by atoms with Gasteiger partial charge in [0.1, 0.15) is 10.7 Å². The maximum absolute atomic E-state index is 14.8. The molecule has 3 aromatic rings. The average molecular weight is 517 g/mol. The normalized spacial score (nSPS) is 16.4. The molecule has 170 valence electrons. The predicted molar refractivity (Wildman–Crippen MR) is 127 cm³/mol. The van der Waals surface area contributed by atoms with Gasteiger partial charge in [0.25, 0.3) is 10.0 Å². The molecule has 0 bridgehead atoms. The number of aromatic nitrogens is 2. The summed E-state index contributed by atoms with van der Waals surface area (Å²) < 4.78 is 42.2. The lowest BCUT2D eigenvalue weighted by Gasteiger charge is -2.22. The molecule has 1 aromatic carbocycles. The van der Waals surface area contributed by atoms with Crippen LogP contribution in [-0.4, -0.2) is 44.6 Å². The highest BCUT2D eigenvalue weighted by atomic mass is 35.5. The molecular formula is C19H19Cl2FN6O2S2. The number of pyridine rings is 1. The van der Waals surface area contributed by atoms with E-state index >= 15 is 0 Å². The number of thiazole rings is 1. The number of rotatable bonds is 7. The molecule has 0 saturated carbocycles. The van der Waals surface area contributed by atoms with Crippen molar-refractivity contribution in [1.29, 1.82) is 0 Å². The van der Waals surface area contributed by atoms with Crippen LogP contribution in [0.4, 0.5) is 27.4 Å². The van der Waals surface area contributed by atoms with Gasteiger partial charge in [-0.1, -0.05) is 23.2 Å². The van der Waals surface area contributed by atoms with Crippen molar-refractivity contribution >= 4 is 67.6 Å². The number of likely N-dealkylation sites (N-methyl/N-ethyl adjacent to an activating group) is 1. The van der Waals surface area contributed by atoms with Gasteiger partial charge in [-0.15, -0.1) is 11.3 Å². The molecule has 1 atom stereocenters. The Morgan fingerprint density at radius 3 is 2.75 bits per heavy atom. The van der Waals surface area contributed by atoms with Crippen LogP contribution in [0.15, 0.2) is 40.2 Å². The fourth-order valence-corrected chi connectivity index (χ4v) is 5.47. The van der Waals surface area contributed by atoms with Crippen LogP contribution in [0.1, 0.15) is 6.42 Å². The Hall–Kier alpha value is -2.18. The largest absolute Gasteiger partial charge is 0.367 e. The maximum atomic E-state index is 14.8. The topological polar surface area (TPSA) is 99.2 Å². The molecule has 0 aliphatic carbocycles. The van der Waals surface area contributed by atoms with Gasteiger partial charge in [0.2, 0.25) is 0 Å². The van der Waals surface area contributed by atoms with Crippen LogP contribution in [0.3, 0.4) is 0 Å². The molecule has 1 unspecified atom stereocenters. The van der Waals surface area contributed by atoms with Gasteiger partial charge in [-0.3, -0.25) is 4.72 Å². The summed E-state index contributed by atoms with van der Waals surface area (Å²) in [6.45, 7) is 1.55. The van der Waals surface area contributed by atoms with Gasteiger partial charge in [0, 0.05) is 36.8 Å². The number of hydrogen-bond donors (Lipinski definition) is 3. The molecule has 0 amide bonds. The number of nitrogens with one attached hydrogen (secondary N) is 3. The number of sulfonamides is 1. The number of anilines is 4. The lowest BCUT2D eigenvalue weighted by atomic mass is 10.2. The van der Waals surface area contributed by atoms with Crippen molar-refractivity contribution in [2.45, 2.75) is 17.4 Å². The van der Waals surface area contributed by atoms with Gasteiger partial charge in [0.15, 0.2) is 11.6 Å². The van der Waals surface area contributed by atoms with Crippen molar-refractivity contribution in [3.05, 3.63) is 51.1 Å². The molecular weight excluding hydrogens is 498 g/mol. The summed E-state index contributed by atoms with van der Waals surface area (Å²) in [5.41, 5.74) is 2.38. The standard InChI is InChI=1S/C19H19Cl2FN6O2S2/c1-23-12-2-3-28(8-12)16-4-11(20)7-24-19(16)26-15-6-14(22)17(5-13(15)21)32(29,30)27-18-9-31-10-25-18/h4-7,9-10,12,23,27H,2-3,8H2,1H3,(H,24,26).